The lowest BCUT2D eigenvalue weighted by atomic mass is 10.1. The van der Waals surface area contributed by atoms with E-state index >= 15 is 0 Å². The number of carbonyl (C=O) groups is 2. The Kier molecular flexibility index (Phi) is 9.83. The Balaban J connectivity index is 1.11. The van der Waals surface area contributed by atoms with Gasteiger partial charge >= 0.3 is 6.09 Å². The number of imidazole rings is 1. The molecule has 0 bridgehead atoms. The Morgan fingerprint density at radius 2 is 1.84 bits per heavy atom. The molecule has 1 fully saturated rings. The number of likely N-dealkylation sites (tertiary alicyclic amines) is 1. The third-order valence-electron chi connectivity index (χ3n) is 8.13. The van der Waals surface area contributed by atoms with E-state index in [0.717, 1.165) is 86.0 Å². The number of benzene rings is 1. The summed E-state index contributed by atoms with van der Waals surface area (Å²) in [7, 11) is 2.13. The Hall–Kier alpha value is -3.99. The molecule has 4 heterocycles. The average Bonchev–Trinajstić information content (AvgIpc) is 3.67. The number of ether oxygens (including phenoxy) is 1. The smallest absolute Gasteiger partial charge is 0.407 e. The van der Waals surface area contributed by atoms with Gasteiger partial charge in [-0.15, -0.1) is 0 Å². The van der Waals surface area contributed by atoms with E-state index in [2.05, 4.69) is 27.6 Å². The van der Waals surface area contributed by atoms with E-state index in [-0.39, 0.29) is 12.0 Å². The van der Waals surface area contributed by atoms with Crippen LogP contribution in [0.1, 0.15) is 99.9 Å². The van der Waals surface area contributed by atoms with Crippen molar-refractivity contribution in [2.45, 2.75) is 97.2 Å². The summed E-state index contributed by atoms with van der Waals surface area (Å²) in [5.74, 6) is 0.276. The van der Waals surface area contributed by atoms with Crippen molar-refractivity contribution in [3.63, 3.8) is 0 Å². The second kappa shape index (κ2) is 13.8. The molecule has 1 atom stereocenters. The number of aryl methyl sites for hydroxylation is 2. The van der Waals surface area contributed by atoms with Crippen LogP contribution in [0.25, 0.3) is 16.6 Å². The van der Waals surface area contributed by atoms with Crippen molar-refractivity contribution in [3.8, 4) is 0 Å². The van der Waals surface area contributed by atoms with Crippen LogP contribution in [-0.2, 0) is 11.3 Å². The van der Waals surface area contributed by atoms with E-state index in [4.69, 9.17) is 14.8 Å². The number of unbranched alkanes of at least 4 members (excludes halogenated alkanes) is 5. The van der Waals surface area contributed by atoms with Gasteiger partial charge in [0.25, 0.3) is 5.91 Å². The quantitative estimate of drug-likeness (QED) is 0.183. The van der Waals surface area contributed by atoms with Crippen LogP contribution in [0, 0.1) is 6.92 Å². The Morgan fingerprint density at radius 1 is 1.07 bits per heavy atom. The van der Waals surface area contributed by atoms with Crippen LogP contribution < -0.4 is 10.6 Å². The highest BCUT2D eigenvalue weighted by Gasteiger charge is 2.25. The minimum absolute atomic E-state index is 0.207. The van der Waals surface area contributed by atoms with Crippen molar-refractivity contribution in [1.29, 1.82) is 0 Å². The maximum atomic E-state index is 13.2. The third-order valence-corrected chi connectivity index (χ3v) is 8.13. The lowest BCUT2D eigenvalue weighted by molar-refractivity contribution is 0.0526. The van der Waals surface area contributed by atoms with E-state index < -0.39 is 5.60 Å². The molecule has 44 heavy (non-hydrogen) atoms. The molecule has 4 aromatic rings. The number of fused-ring (bicyclic) bond motifs is 2. The van der Waals surface area contributed by atoms with Gasteiger partial charge in [-0.05, 0) is 79.1 Å². The van der Waals surface area contributed by atoms with Crippen LogP contribution in [0.15, 0.2) is 36.8 Å². The highest BCUT2D eigenvalue weighted by Crippen LogP contribution is 2.30. The van der Waals surface area contributed by atoms with Gasteiger partial charge in [0.2, 0.25) is 0 Å². The standard InChI is InChI=1S/C33H46N8O3/c1-23-25-15-14-24(31(42)37-29-22-40-21-26(36-30(40)20-35-29)27-13-12-17-39(27)5)19-28(25)41(38-23)18-11-9-7-6-8-10-16-34-32(43)44-33(2,3)4/h14-15,19-22,27H,6-13,16-18H2,1-5H3,(H,34,43)(H,37,42). The first-order valence-corrected chi connectivity index (χ1v) is 15.9. The fraction of sp³-hybridized carbons (Fsp3) is 0.545. The topological polar surface area (TPSA) is 119 Å². The van der Waals surface area contributed by atoms with E-state index in [9.17, 15) is 9.59 Å². The summed E-state index contributed by atoms with van der Waals surface area (Å²) < 4.78 is 9.22. The fourth-order valence-electron chi connectivity index (χ4n) is 5.87. The molecule has 1 aromatic carbocycles. The van der Waals surface area contributed by atoms with Crippen LogP contribution in [0.2, 0.25) is 0 Å². The molecule has 1 aliphatic rings. The molecule has 2 amide bonds. The van der Waals surface area contributed by atoms with Crippen LogP contribution in [0.5, 0.6) is 0 Å². The highest BCUT2D eigenvalue weighted by atomic mass is 16.6. The molecular weight excluding hydrogens is 556 g/mol. The van der Waals surface area contributed by atoms with Gasteiger partial charge in [0.1, 0.15) is 11.4 Å². The molecule has 0 spiro atoms. The maximum Gasteiger partial charge on any atom is 0.407 e. The number of carbonyl (C=O) groups excluding carboxylic acids is 2. The number of alkyl carbamates (subject to hydrolysis) is 1. The lowest BCUT2D eigenvalue weighted by Gasteiger charge is -2.19. The SMILES string of the molecule is Cc1nn(CCCCCCCCNC(=O)OC(C)(C)C)c2cc(C(=O)Nc3cn4cc(C5CCCN5C)nc4cn3)ccc12. The number of hydrogen-bond acceptors (Lipinski definition) is 7. The zero-order chi connectivity index (χ0) is 31.3. The molecule has 3 aromatic heterocycles. The molecule has 1 aliphatic heterocycles. The summed E-state index contributed by atoms with van der Waals surface area (Å²) in [6, 6.07) is 6.07. The van der Waals surface area contributed by atoms with E-state index in [1.807, 2.05) is 67.4 Å². The summed E-state index contributed by atoms with van der Waals surface area (Å²) in [5.41, 5.74) is 3.83. The number of rotatable bonds is 12. The number of anilines is 1. The second-order valence-electron chi connectivity index (χ2n) is 12.9. The predicted molar refractivity (Wildman–Crippen MR) is 172 cm³/mol. The number of amides is 2. The fourth-order valence-corrected chi connectivity index (χ4v) is 5.87. The maximum absolute atomic E-state index is 13.2. The first-order chi connectivity index (χ1) is 21.1. The predicted octanol–water partition coefficient (Wildman–Crippen LogP) is 6.27. The summed E-state index contributed by atoms with van der Waals surface area (Å²) >= 11 is 0. The zero-order valence-electron chi connectivity index (χ0n) is 26.7. The van der Waals surface area contributed by atoms with Gasteiger partial charge < -0.3 is 19.8 Å². The van der Waals surface area contributed by atoms with Crippen molar-refractivity contribution in [1.82, 2.24) is 34.4 Å². The van der Waals surface area contributed by atoms with E-state index in [1.54, 1.807) is 6.20 Å². The van der Waals surface area contributed by atoms with Crippen molar-refractivity contribution in [3.05, 3.63) is 53.7 Å². The van der Waals surface area contributed by atoms with Crippen LogP contribution in [-0.4, -0.2) is 66.8 Å². The molecule has 0 saturated carbocycles. The summed E-state index contributed by atoms with van der Waals surface area (Å²) in [5, 5.41) is 11.6. The summed E-state index contributed by atoms with van der Waals surface area (Å²) in [4.78, 5) is 36.5. The molecule has 11 heteroatoms. The van der Waals surface area contributed by atoms with Gasteiger partial charge in [0.05, 0.1) is 35.3 Å². The zero-order valence-corrected chi connectivity index (χ0v) is 26.7. The van der Waals surface area contributed by atoms with E-state index in [0.29, 0.717) is 24.0 Å². The molecule has 1 unspecified atom stereocenters. The highest BCUT2D eigenvalue weighted by molar-refractivity contribution is 6.05. The number of hydrogen-bond donors (Lipinski definition) is 2. The molecule has 2 N–H and O–H groups in total. The van der Waals surface area contributed by atoms with Gasteiger partial charge in [-0.25, -0.2) is 14.8 Å². The first kappa shape index (κ1) is 31.4. The van der Waals surface area contributed by atoms with Crippen molar-refractivity contribution in [2.75, 3.05) is 25.5 Å². The van der Waals surface area contributed by atoms with E-state index in [1.165, 1.54) is 6.42 Å². The van der Waals surface area contributed by atoms with Gasteiger partial charge in [0, 0.05) is 30.2 Å². The van der Waals surface area contributed by atoms with Crippen LogP contribution >= 0.6 is 0 Å². The molecule has 0 radical (unpaired) electrons. The van der Waals surface area contributed by atoms with Gasteiger partial charge in [-0.3, -0.25) is 14.4 Å². The Morgan fingerprint density at radius 3 is 2.59 bits per heavy atom. The lowest BCUT2D eigenvalue weighted by Crippen LogP contribution is -2.32. The number of aromatic nitrogens is 5. The summed E-state index contributed by atoms with van der Waals surface area (Å²) in [6.45, 7) is 10.1. The summed E-state index contributed by atoms with van der Waals surface area (Å²) in [6.07, 6.45) is 13.9. The van der Waals surface area contributed by atoms with Crippen molar-refractivity contribution < 1.29 is 14.3 Å². The minimum Gasteiger partial charge on any atom is -0.444 e. The molecular formula is C33H46N8O3. The van der Waals surface area contributed by atoms with Gasteiger partial charge in [0.15, 0.2) is 5.65 Å². The number of nitrogens with one attached hydrogen (secondary N) is 2. The molecule has 236 valence electrons. The second-order valence-corrected chi connectivity index (χ2v) is 12.9. The molecule has 5 rings (SSSR count). The normalized spacial score (nSPS) is 15.7. The monoisotopic (exact) mass is 602 g/mol. The Bertz CT molecular complexity index is 1600. The average molecular weight is 603 g/mol. The molecule has 0 aliphatic carbocycles. The third kappa shape index (κ3) is 7.93. The van der Waals surface area contributed by atoms with Gasteiger partial charge in [-0.1, -0.05) is 31.7 Å². The minimum atomic E-state index is -0.471. The Labute approximate surface area is 259 Å². The van der Waals surface area contributed by atoms with Crippen LogP contribution in [0.3, 0.4) is 0 Å². The molecule has 1 saturated heterocycles. The van der Waals surface area contributed by atoms with Crippen molar-refractivity contribution >= 4 is 34.4 Å². The van der Waals surface area contributed by atoms with Gasteiger partial charge in [-0.2, -0.15) is 5.10 Å². The largest absolute Gasteiger partial charge is 0.444 e. The van der Waals surface area contributed by atoms with Crippen molar-refractivity contribution in [2.24, 2.45) is 0 Å². The first-order valence-electron chi connectivity index (χ1n) is 15.9. The van der Waals surface area contributed by atoms with Crippen LogP contribution in [0.4, 0.5) is 10.6 Å². The number of nitrogens with zero attached hydrogens (tertiary/aromatic N) is 6. The molecule has 11 nitrogen and oxygen atoms in total.